The number of rotatable bonds is 13. The molecule has 0 bridgehead atoms. The lowest BCUT2D eigenvalue weighted by Crippen LogP contribution is -2.46. The van der Waals surface area contributed by atoms with Gasteiger partial charge in [-0.05, 0) is 90.5 Å². The fraction of sp³-hybridized carbons (Fsp3) is 0.541. The number of carbonyl (C=O) groups is 3. The predicted octanol–water partition coefficient (Wildman–Crippen LogP) is 5.73. The number of cyclic esters (lactones) is 1. The molecular formula is C37H47FN4O16P2. The standard InChI is InChI=1S/C37H47FN4O16P2/c1-9-37(52-18-55-60(49,50)58-59(47,48)54-13-12-53-41-34(46)57-36(6,7)8)23-14-27-30-21(16-42(27)31(43)22(23)17-51-32(37)44)29-25(40-33(45)56-35(3,4)5)11-10-20-19(2)24(38)15-26(39-30)28(20)29/h14-15,25H,9-13,16-18H2,1-8H3,(H,40,45)(H,41,46)(H,47,48)(H,49,50)/t25-,37-/m0/s1. The minimum atomic E-state index is -5.45. The normalized spacial score (nSPS) is 20.2. The van der Waals surface area contributed by atoms with E-state index in [9.17, 15) is 38.1 Å². The van der Waals surface area contributed by atoms with E-state index >= 15 is 4.39 Å². The summed E-state index contributed by atoms with van der Waals surface area (Å²) >= 11 is 0. The van der Waals surface area contributed by atoms with Crippen molar-refractivity contribution in [3.05, 3.63) is 61.7 Å². The number of aromatic nitrogens is 2. The largest absolute Gasteiger partial charge is 0.483 e. The Morgan fingerprint density at radius 2 is 1.67 bits per heavy atom. The van der Waals surface area contributed by atoms with Crippen LogP contribution in [0, 0.1) is 12.7 Å². The number of hydrogen-bond acceptors (Lipinski definition) is 15. The number of phosphoric acid groups is 2. The van der Waals surface area contributed by atoms with Gasteiger partial charge in [-0.2, -0.15) is 9.79 Å². The molecule has 0 radical (unpaired) electrons. The predicted molar refractivity (Wildman–Crippen MR) is 206 cm³/mol. The molecule has 1 aliphatic carbocycles. The van der Waals surface area contributed by atoms with Crippen molar-refractivity contribution < 1.29 is 74.8 Å². The van der Waals surface area contributed by atoms with E-state index in [0.29, 0.717) is 40.6 Å². The van der Waals surface area contributed by atoms with Gasteiger partial charge >= 0.3 is 33.8 Å². The Bertz CT molecular complexity index is 2410. The molecule has 3 aliphatic rings. The highest BCUT2D eigenvalue weighted by atomic mass is 31.3. The van der Waals surface area contributed by atoms with Crippen LogP contribution in [0.1, 0.15) is 101 Å². The topological polar surface area (TPSA) is 259 Å². The molecule has 0 saturated carbocycles. The smallest absolute Gasteiger partial charge is 0.458 e. The molecule has 2 aliphatic heterocycles. The molecule has 4 N–H and O–H groups in total. The Labute approximate surface area is 343 Å². The lowest BCUT2D eigenvalue weighted by Gasteiger charge is -2.36. The second-order valence-corrected chi connectivity index (χ2v) is 19.3. The van der Waals surface area contributed by atoms with Crippen LogP contribution in [0.2, 0.25) is 0 Å². The third-order valence-corrected chi connectivity index (χ3v) is 12.3. The molecule has 23 heteroatoms. The van der Waals surface area contributed by atoms with Crippen LogP contribution < -0.4 is 16.4 Å². The SMILES string of the molecule is CC[C@@]1(OCOP(=O)(O)OP(=O)(O)OCCONC(=O)OC(C)(C)C)C(=O)OCc2c1cc1n(c2=O)Cc2c-1nc1cc(F)c(C)c3c1c2[C@@H](NC(=O)OC(C)(C)C)CC3. The number of amides is 2. The number of pyridine rings is 2. The molecule has 0 spiro atoms. The van der Waals surface area contributed by atoms with E-state index < -0.39 is 94.6 Å². The average Bonchev–Trinajstić information content (AvgIpc) is 3.48. The van der Waals surface area contributed by atoms with Gasteiger partial charge in [-0.25, -0.2) is 32.9 Å². The number of ether oxygens (including phenoxy) is 4. The summed E-state index contributed by atoms with van der Waals surface area (Å²) in [5.41, 5.74) is 0.934. The first kappa shape index (κ1) is 45.2. The van der Waals surface area contributed by atoms with Crippen molar-refractivity contribution in [2.24, 2.45) is 0 Å². The summed E-state index contributed by atoms with van der Waals surface area (Å²) in [6.45, 7) is 10.4. The lowest BCUT2D eigenvalue weighted by atomic mass is 9.81. The van der Waals surface area contributed by atoms with Crippen LogP contribution in [0.25, 0.3) is 22.3 Å². The molecule has 0 saturated heterocycles. The van der Waals surface area contributed by atoms with Gasteiger partial charge in [0.25, 0.3) is 5.56 Å². The van der Waals surface area contributed by atoms with E-state index in [4.69, 9.17) is 33.3 Å². The summed E-state index contributed by atoms with van der Waals surface area (Å²) in [5.74, 6) is -1.45. The summed E-state index contributed by atoms with van der Waals surface area (Å²) in [4.78, 5) is 82.4. The summed E-state index contributed by atoms with van der Waals surface area (Å²) in [7, 11) is -10.7. The highest BCUT2D eigenvalue weighted by molar-refractivity contribution is 7.61. The van der Waals surface area contributed by atoms with Crippen LogP contribution in [0.4, 0.5) is 14.0 Å². The molecule has 0 fully saturated rings. The van der Waals surface area contributed by atoms with E-state index in [-0.39, 0.29) is 35.3 Å². The van der Waals surface area contributed by atoms with E-state index in [2.05, 4.69) is 14.2 Å². The van der Waals surface area contributed by atoms with Crippen LogP contribution in [-0.4, -0.2) is 68.7 Å². The van der Waals surface area contributed by atoms with Crippen LogP contribution in [-0.2, 0) is 76.2 Å². The maximum atomic E-state index is 15.3. The number of nitrogens with one attached hydrogen (secondary N) is 2. The highest BCUT2D eigenvalue weighted by Gasteiger charge is 2.49. The number of phosphoric ester groups is 2. The fourth-order valence-corrected chi connectivity index (χ4v) is 9.26. The van der Waals surface area contributed by atoms with Gasteiger partial charge in [-0.1, -0.05) is 6.92 Å². The zero-order chi connectivity index (χ0) is 44.2. The molecule has 2 unspecified atom stereocenters. The molecular weight excluding hydrogens is 837 g/mol. The van der Waals surface area contributed by atoms with E-state index in [1.165, 1.54) is 23.6 Å². The van der Waals surface area contributed by atoms with Crippen LogP contribution >= 0.6 is 15.6 Å². The van der Waals surface area contributed by atoms with Gasteiger partial charge in [0.15, 0.2) is 12.4 Å². The highest BCUT2D eigenvalue weighted by Crippen LogP contribution is 2.60. The second kappa shape index (κ2) is 16.5. The maximum Gasteiger partial charge on any atom is 0.483 e. The van der Waals surface area contributed by atoms with Crippen LogP contribution in [0.5, 0.6) is 0 Å². The number of aryl methyl sites for hydroxylation is 1. The number of carbonyl (C=O) groups excluding carboxylic acids is 3. The lowest BCUT2D eigenvalue weighted by molar-refractivity contribution is -0.192. The first-order valence-corrected chi connectivity index (χ1v) is 21.8. The molecule has 4 atom stereocenters. The first-order valence-electron chi connectivity index (χ1n) is 18.8. The molecule has 20 nitrogen and oxygen atoms in total. The van der Waals surface area contributed by atoms with Crippen molar-refractivity contribution in [1.82, 2.24) is 20.3 Å². The van der Waals surface area contributed by atoms with Crippen molar-refractivity contribution in [2.75, 3.05) is 20.0 Å². The van der Waals surface area contributed by atoms with Gasteiger partial charge < -0.3 is 38.6 Å². The molecule has 3 aromatic rings. The third kappa shape index (κ3) is 9.44. The average molecular weight is 885 g/mol. The maximum absolute atomic E-state index is 15.3. The molecule has 4 heterocycles. The second-order valence-electron chi connectivity index (χ2n) is 16.2. The number of nitrogens with zero attached hydrogens (tertiary/aromatic N) is 2. The number of alkyl carbamates (subject to hydrolysis) is 1. The number of hydroxylamine groups is 1. The molecule has 60 heavy (non-hydrogen) atoms. The van der Waals surface area contributed by atoms with Gasteiger partial charge in [-0.15, -0.1) is 0 Å². The first-order chi connectivity index (χ1) is 27.9. The molecule has 2 amide bonds. The Morgan fingerprint density at radius 1 is 1.00 bits per heavy atom. The minimum Gasteiger partial charge on any atom is -0.458 e. The van der Waals surface area contributed by atoms with Crippen molar-refractivity contribution in [3.63, 3.8) is 0 Å². The zero-order valence-corrected chi connectivity index (χ0v) is 36.0. The van der Waals surface area contributed by atoms with Gasteiger partial charge in [0.2, 0.25) is 0 Å². The molecule has 2 aromatic heterocycles. The number of esters is 1. The van der Waals surface area contributed by atoms with E-state index in [1.54, 1.807) is 48.5 Å². The van der Waals surface area contributed by atoms with Gasteiger partial charge in [0.1, 0.15) is 23.6 Å². The van der Waals surface area contributed by atoms with E-state index in [0.717, 1.165) is 5.56 Å². The summed E-state index contributed by atoms with van der Waals surface area (Å²) in [5, 5.41) is 3.61. The molecule has 6 rings (SSSR count). The molecule has 328 valence electrons. The Morgan fingerprint density at radius 3 is 2.33 bits per heavy atom. The summed E-state index contributed by atoms with van der Waals surface area (Å²) < 4.78 is 77.3. The van der Waals surface area contributed by atoms with Crippen molar-refractivity contribution >= 4 is 44.7 Å². The minimum absolute atomic E-state index is 0.00908. The van der Waals surface area contributed by atoms with Crippen molar-refractivity contribution in [2.45, 2.75) is 111 Å². The number of fused-ring (bicyclic) bond motifs is 5. The molecule has 1 aromatic carbocycles. The van der Waals surface area contributed by atoms with Gasteiger partial charge in [-0.3, -0.25) is 18.7 Å². The quantitative estimate of drug-likeness (QED) is 0.0312. The fourth-order valence-electron chi connectivity index (χ4n) is 7.35. The van der Waals surface area contributed by atoms with Gasteiger partial charge in [0.05, 0.1) is 48.3 Å². The van der Waals surface area contributed by atoms with Gasteiger partial charge in [0, 0.05) is 22.6 Å². The summed E-state index contributed by atoms with van der Waals surface area (Å²) in [6, 6.07) is 2.21. The number of benzene rings is 1. The Hall–Kier alpha value is -4.30. The monoisotopic (exact) mass is 884 g/mol. The zero-order valence-electron chi connectivity index (χ0n) is 34.2. The Balaban J connectivity index is 1.25. The number of hydrogen-bond donors (Lipinski definition) is 4. The summed E-state index contributed by atoms with van der Waals surface area (Å²) in [6.07, 6.45) is -0.968. The van der Waals surface area contributed by atoms with Crippen molar-refractivity contribution in [3.8, 4) is 11.4 Å². The number of halogens is 1. The van der Waals surface area contributed by atoms with Crippen LogP contribution in [0.15, 0.2) is 16.9 Å². The van der Waals surface area contributed by atoms with E-state index in [1.807, 2.05) is 5.48 Å². The third-order valence-electron chi connectivity index (χ3n) is 9.76. The Kier molecular flexibility index (Phi) is 12.5. The van der Waals surface area contributed by atoms with Crippen LogP contribution in [0.3, 0.4) is 0 Å². The van der Waals surface area contributed by atoms with Crippen molar-refractivity contribution in [1.29, 1.82) is 0 Å².